The molecule has 0 spiro atoms. The molecule has 2 fully saturated rings. The zero-order valence-corrected chi connectivity index (χ0v) is 16.3. The van der Waals surface area contributed by atoms with Gasteiger partial charge in [-0.2, -0.15) is 0 Å². The summed E-state index contributed by atoms with van der Waals surface area (Å²) >= 11 is 0. The number of aromatic nitrogens is 1. The summed E-state index contributed by atoms with van der Waals surface area (Å²) in [4.78, 5) is 33.9. The maximum absolute atomic E-state index is 13.1. The molecule has 0 radical (unpaired) electrons. The van der Waals surface area contributed by atoms with Crippen molar-refractivity contribution in [2.75, 3.05) is 32.8 Å². The minimum atomic E-state index is -0.179. The Balaban J connectivity index is 1.72. The zero-order valence-electron chi connectivity index (χ0n) is 16.3. The molecule has 1 aromatic heterocycles. The van der Waals surface area contributed by atoms with Crippen molar-refractivity contribution in [1.82, 2.24) is 20.1 Å². The number of nitrogens with one attached hydrogen (secondary N) is 1. The molecule has 2 saturated heterocycles. The Labute approximate surface area is 161 Å². The number of hydrogen-bond donors (Lipinski definition) is 1. The smallest absolute Gasteiger partial charge is 0.270 e. The Morgan fingerprint density at radius 1 is 1.26 bits per heavy atom. The number of nitrogens with zero attached hydrogens (tertiary/aromatic N) is 3. The standard InChI is InChI=1S/C20H30N4O3/c1-3-23(4-2)20(26)18-13-15(14-24(18)16-8-11-27-12-9-16)22-19(25)17-7-5-6-10-21-17/h5-7,10,15-16,18H,3-4,8-9,11-14H2,1-2H3,(H,22,25)/t15-,18-/m0/s1. The van der Waals surface area contributed by atoms with Crippen LogP contribution in [0.1, 0.15) is 43.6 Å². The minimum absolute atomic E-state index is 0.0492. The van der Waals surface area contributed by atoms with E-state index in [1.807, 2.05) is 18.7 Å². The lowest BCUT2D eigenvalue weighted by atomic mass is 10.1. The van der Waals surface area contributed by atoms with Gasteiger partial charge in [-0.1, -0.05) is 6.07 Å². The van der Waals surface area contributed by atoms with E-state index in [9.17, 15) is 9.59 Å². The number of rotatable bonds is 6. The lowest BCUT2D eigenvalue weighted by Gasteiger charge is -2.36. The first-order chi connectivity index (χ1) is 13.1. The van der Waals surface area contributed by atoms with Gasteiger partial charge in [-0.15, -0.1) is 0 Å². The number of likely N-dealkylation sites (N-methyl/N-ethyl adjacent to an activating group) is 1. The monoisotopic (exact) mass is 374 g/mol. The van der Waals surface area contributed by atoms with E-state index in [-0.39, 0.29) is 23.9 Å². The van der Waals surface area contributed by atoms with Crippen molar-refractivity contribution >= 4 is 11.8 Å². The van der Waals surface area contributed by atoms with Crippen LogP contribution >= 0.6 is 0 Å². The molecule has 0 aliphatic carbocycles. The topological polar surface area (TPSA) is 74.8 Å². The molecule has 7 nitrogen and oxygen atoms in total. The van der Waals surface area contributed by atoms with Crippen LogP contribution in [0.3, 0.4) is 0 Å². The Hall–Kier alpha value is -1.99. The second-order valence-electron chi connectivity index (χ2n) is 7.19. The van der Waals surface area contributed by atoms with Crippen LogP contribution in [0, 0.1) is 0 Å². The number of amides is 2. The molecular weight excluding hydrogens is 344 g/mol. The summed E-state index contributed by atoms with van der Waals surface area (Å²) in [6.45, 7) is 7.60. The first-order valence-corrected chi connectivity index (χ1v) is 9.98. The van der Waals surface area contributed by atoms with Gasteiger partial charge in [0.2, 0.25) is 5.91 Å². The molecule has 1 N–H and O–H groups in total. The van der Waals surface area contributed by atoms with Crippen molar-refractivity contribution < 1.29 is 14.3 Å². The number of pyridine rings is 1. The average Bonchev–Trinajstić information content (AvgIpc) is 3.14. The predicted molar refractivity (Wildman–Crippen MR) is 102 cm³/mol. The third-order valence-electron chi connectivity index (χ3n) is 5.59. The van der Waals surface area contributed by atoms with Gasteiger partial charge in [0, 0.05) is 51.1 Å². The average molecular weight is 374 g/mol. The number of carbonyl (C=O) groups is 2. The highest BCUT2D eigenvalue weighted by molar-refractivity contribution is 5.92. The molecule has 7 heteroatoms. The third kappa shape index (κ3) is 4.65. The van der Waals surface area contributed by atoms with Crippen LogP contribution < -0.4 is 5.32 Å². The van der Waals surface area contributed by atoms with Gasteiger partial charge in [0.05, 0.1) is 6.04 Å². The normalized spacial score (nSPS) is 23.9. The molecule has 1 aromatic rings. The highest BCUT2D eigenvalue weighted by atomic mass is 16.5. The summed E-state index contributed by atoms with van der Waals surface area (Å²) in [5.41, 5.74) is 0.411. The Morgan fingerprint density at radius 3 is 2.63 bits per heavy atom. The summed E-state index contributed by atoms with van der Waals surface area (Å²) in [6.07, 6.45) is 4.13. The van der Waals surface area contributed by atoms with Crippen molar-refractivity contribution in [1.29, 1.82) is 0 Å². The quantitative estimate of drug-likeness (QED) is 0.812. The highest BCUT2D eigenvalue weighted by Crippen LogP contribution is 2.27. The molecule has 3 rings (SSSR count). The van der Waals surface area contributed by atoms with E-state index in [1.165, 1.54) is 0 Å². The van der Waals surface area contributed by atoms with Gasteiger partial charge in [0.1, 0.15) is 5.69 Å². The van der Waals surface area contributed by atoms with Crippen molar-refractivity contribution in [3.05, 3.63) is 30.1 Å². The largest absolute Gasteiger partial charge is 0.381 e. The van der Waals surface area contributed by atoms with Gasteiger partial charge in [0.25, 0.3) is 5.91 Å². The Bertz CT molecular complexity index is 629. The van der Waals surface area contributed by atoms with Crippen LogP contribution in [0.2, 0.25) is 0 Å². The maximum Gasteiger partial charge on any atom is 0.270 e. The van der Waals surface area contributed by atoms with Gasteiger partial charge < -0.3 is 15.0 Å². The molecule has 148 valence electrons. The van der Waals surface area contributed by atoms with E-state index in [4.69, 9.17) is 4.74 Å². The van der Waals surface area contributed by atoms with Crippen LogP contribution in [0.5, 0.6) is 0 Å². The molecule has 2 aliphatic heterocycles. The number of hydrogen-bond acceptors (Lipinski definition) is 5. The molecule has 0 aromatic carbocycles. The maximum atomic E-state index is 13.1. The molecule has 2 atom stereocenters. The fraction of sp³-hybridized carbons (Fsp3) is 0.650. The molecule has 0 saturated carbocycles. The van der Waals surface area contributed by atoms with E-state index < -0.39 is 0 Å². The lowest BCUT2D eigenvalue weighted by Crippen LogP contribution is -2.50. The van der Waals surface area contributed by atoms with Gasteiger partial charge >= 0.3 is 0 Å². The molecule has 2 amide bonds. The van der Waals surface area contributed by atoms with Crippen LogP contribution in [-0.2, 0) is 9.53 Å². The van der Waals surface area contributed by atoms with E-state index in [0.29, 0.717) is 37.8 Å². The Kier molecular flexibility index (Phi) is 6.79. The fourth-order valence-electron chi connectivity index (χ4n) is 4.13. The van der Waals surface area contributed by atoms with Crippen LogP contribution in [0.4, 0.5) is 0 Å². The third-order valence-corrected chi connectivity index (χ3v) is 5.59. The fourth-order valence-corrected chi connectivity index (χ4v) is 4.13. The van der Waals surface area contributed by atoms with Crippen LogP contribution in [-0.4, -0.2) is 77.6 Å². The SMILES string of the molecule is CCN(CC)C(=O)[C@@H]1C[C@H](NC(=O)c2ccccn2)CN1C1CCOCC1. The molecular formula is C20H30N4O3. The van der Waals surface area contributed by atoms with Crippen molar-refractivity contribution in [3.63, 3.8) is 0 Å². The van der Waals surface area contributed by atoms with Crippen molar-refractivity contribution in [2.24, 2.45) is 0 Å². The highest BCUT2D eigenvalue weighted by Gasteiger charge is 2.42. The molecule has 0 unspecified atom stereocenters. The van der Waals surface area contributed by atoms with Crippen molar-refractivity contribution in [3.8, 4) is 0 Å². The number of ether oxygens (including phenoxy) is 1. The summed E-state index contributed by atoms with van der Waals surface area (Å²) in [5, 5.41) is 3.08. The predicted octanol–water partition coefficient (Wildman–Crippen LogP) is 1.30. The van der Waals surface area contributed by atoms with Gasteiger partial charge in [0.15, 0.2) is 0 Å². The van der Waals surface area contributed by atoms with E-state index in [0.717, 1.165) is 26.1 Å². The summed E-state index contributed by atoms with van der Waals surface area (Å²) in [5.74, 6) is -0.00968. The molecule has 2 aliphatic rings. The second-order valence-corrected chi connectivity index (χ2v) is 7.19. The Morgan fingerprint density at radius 2 is 2.00 bits per heavy atom. The summed E-state index contributed by atoms with van der Waals surface area (Å²) < 4.78 is 5.49. The van der Waals surface area contributed by atoms with E-state index in [2.05, 4.69) is 15.2 Å². The van der Waals surface area contributed by atoms with Gasteiger partial charge in [-0.3, -0.25) is 19.5 Å². The van der Waals surface area contributed by atoms with Crippen LogP contribution in [0.15, 0.2) is 24.4 Å². The summed E-state index contributed by atoms with van der Waals surface area (Å²) in [7, 11) is 0. The van der Waals surface area contributed by atoms with E-state index >= 15 is 0 Å². The number of carbonyl (C=O) groups excluding carboxylic acids is 2. The zero-order chi connectivity index (χ0) is 19.2. The lowest BCUT2D eigenvalue weighted by molar-refractivity contribution is -0.137. The van der Waals surface area contributed by atoms with Gasteiger partial charge in [-0.05, 0) is 45.2 Å². The van der Waals surface area contributed by atoms with Crippen molar-refractivity contribution in [2.45, 2.75) is 51.2 Å². The second kappa shape index (κ2) is 9.28. The van der Waals surface area contributed by atoms with Crippen LogP contribution in [0.25, 0.3) is 0 Å². The number of likely N-dealkylation sites (tertiary alicyclic amines) is 1. The first kappa shape index (κ1) is 19.8. The molecule has 27 heavy (non-hydrogen) atoms. The minimum Gasteiger partial charge on any atom is -0.381 e. The van der Waals surface area contributed by atoms with Gasteiger partial charge in [-0.25, -0.2) is 0 Å². The van der Waals surface area contributed by atoms with E-state index in [1.54, 1.807) is 24.4 Å². The first-order valence-electron chi connectivity index (χ1n) is 9.98. The summed E-state index contributed by atoms with van der Waals surface area (Å²) in [6, 6.07) is 5.41. The molecule has 3 heterocycles. The molecule has 0 bridgehead atoms.